The molecule has 0 atom stereocenters. The van der Waals surface area contributed by atoms with Crippen LogP contribution in [0.5, 0.6) is 0 Å². The number of carbonyl (C=O) groups excluding carboxylic acids is 2. The Morgan fingerprint density at radius 2 is 2.04 bits per heavy atom. The van der Waals surface area contributed by atoms with Crippen LogP contribution in [0.25, 0.3) is 0 Å². The van der Waals surface area contributed by atoms with Crippen molar-refractivity contribution in [2.75, 3.05) is 39.5 Å². The van der Waals surface area contributed by atoms with Crippen LogP contribution >= 0.6 is 0 Å². The Bertz CT molecular complexity index is 868. The van der Waals surface area contributed by atoms with Crippen molar-refractivity contribution in [3.8, 4) is 0 Å². The van der Waals surface area contributed by atoms with Gasteiger partial charge in [0.1, 0.15) is 5.76 Å². The molecule has 4 heterocycles. The zero-order valence-electron chi connectivity index (χ0n) is 15.8. The van der Waals surface area contributed by atoms with Crippen LogP contribution < -0.4 is 5.32 Å². The number of amides is 2. The van der Waals surface area contributed by atoms with E-state index >= 15 is 0 Å². The summed E-state index contributed by atoms with van der Waals surface area (Å²) in [6, 6.07) is 1.58. The van der Waals surface area contributed by atoms with Gasteiger partial charge in [0.05, 0.1) is 33.0 Å². The van der Waals surface area contributed by atoms with E-state index in [0.29, 0.717) is 70.5 Å². The molecule has 1 saturated heterocycles. The fraction of sp³-hybridized carbons (Fsp3) is 0.556. The molecule has 2 amide bonds. The molecule has 10 nitrogen and oxygen atoms in total. The molecular formula is C18H23N5O5. The number of morpholine rings is 1. The van der Waals surface area contributed by atoms with Crippen LogP contribution in [0, 0.1) is 6.92 Å². The first-order valence-electron chi connectivity index (χ1n) is 9.38. The number of fused-ring (bicyclic) bond motifs is 1. The van der Waals surface area contributed by atoms with Gasteiger partial charge in [-0.05, 0) is 6.92 Å². The highest BCUT2D eigenvalue weighted by Gasteiger charge is 2.29. The Balaban J connectivity index is 1.45. The molecule has 2 aliphatic heterocycles. The van der Waals surface area contributed by atoms with Crippen molar-refractivity contribution in [3.63, 3.8) is 0 Å². The van der Waals surface area contributed by atoms with E-state index in [2.05, 4.69) is 15.6 Å². The van der Waals surface area contributed by atoms with Crippen LogP contribution in [0.2, 0.25) is 0 Å². The SMILES string of the molecule is Cc1cc(C(=O)NCCn2nc(C(=O)N3CCOCC3)c3c2CCOC3)no1. The number of carbonyl (C=O) groups is 2. The molecular weight excluding hydrogens is 366 g/mol. The number of aromatic nitrogens is 3. The smallest absolute Gasteiger partial charge is 0.274 e. The monoisotopic (exact) mass is 389 g/mol. The van der Waals surface area contributed by atoms with E-state index in [0.717, 1.165) is 11.3 Å². The second-order valence-electron chi connectivity index (χ2n) is 6.78. The highest BCUT2D eigenvalue weighted by atomic mass is 16.5. The molecule has 0 spiro atoms. The number of nitrogens with zero attached hydrogens (tertiary/aromatic N) is 4. The molecule has 1 N–H and O–H groups in total. The van der Waals surface area contributed by atoms with Gasteiger partial charge < -0.3 is 24.2 Å². The summed E-state index contributed by atoms with van der Waals surface area (Å²) in [5.41, 5.74) is 2.53. The maximum absolute atomic E-state index is 12.9. The molecule has 0 bridgehead atoms. The topological polar surface area (TPSA) is 112 Å². The standard InChI is InChI=1S/C18H23N5O5/c1-12-10-14(21-28-12)17(24)19-3-4-23-15-2-7-27-11-13(15)16(20-23)18(25)22-5-8-26-9-6-22/h10H,2-9,11H2,1H3,(H,19,24). The molecule has 0 aromatic carbocycles. The van der Waals surface area contributed by atoms with E-state index in [1.807, 2.05) is 0 Å². The second kappa shape index (κ2) is 8.11. The maximum atomic E-state index is 12.9. The van der Waals surface area contributed by atoms with Gasteiger partial charge in [0.15, 0.2) is 11.4 Å². The van der Waals surface area contributed by atoms with Crippen molar-refractivity contribution < 1.29 is 23.6 Å². The third-order valence-corrected chi connectivity index (χ3v) is 4.87. The summed E-state index contributed by atoms with van der Waals surface area (Å²) in [5.74, 6) is 0.189. The highest BCUT2D eigenvalue weighted by Crippen LogP contribution is 2.22. The summed E-state index contributed by atoms with van der Waals surface area (Å²) in [7, 11) is 0. The molecule has 2 aliphatic rings. The number of aryl methyl sites for hydroxylation is 1. The van der Waals surface area contributed by atoms with Crippen molar-refractivity contribution in [2.24, 2.45) is 0 Å². The third kappa shape index (κ3) is 3.78. The summed E-state index contributed by atoms with van der Waals surface area (Å²) in [4.78, 5) is 26.8. The third-order valence-electron chi connectivity index (χ3n) is 4.87. The first-order chi connectivity index (χ1) is 13.6. The van der Waals surface area contributed by atoms with Gasteiger partial charge in [-0.25, -0.2) is 0 Å². The van der Waals surface area contributed by atoms with Crippen molar-refractivity contribution in [1.82, 2.24) is 25.2 Å². The van der Waals surface area contributed by atoms with Crippen molar-refractivity contribution in [1.29, 1.82) is 0 Å². The van der Waals surface area contributed by atoms with Crippen LogP contribution in [-0.2, 0) is 29.0 Å². The number of rotatable bonds is 5. The maximum Gasteiger partial charge on any atom is 0.274 e. The Kier molecular flexibility index (Phi) is 5.40. The van der Waals surface area contributed by atoms with Crippen molar-refractivity contribution >= 4 is 11.8 Å². The minimum absolute atomic E-state index is 0.0918. The number of hydrogen-bond acceptors (Lipinski definition) is 7. The largest absolute Gasteiger partial charge is 0.378 e. The lowest BCUT2D eigenvalue weighted by molar-refractivity contribution is 0.0294. The zero-order chi connectivity index (χ0) is 19.5. The van der Waals surface area contributed by atoms with E-state index in [1.54, 1.807) is 22.6 Å². The van der Waals surface area contributed by atoms with Gasteiger partial charge >= 0.3 is 0 Å². The fourth-order valence-electron chi connectivity index (χ4n) is 3.42. The van der Waals surface area contributed by atoms with E-state index in [4.69, 9.17) is 14.0 Å². The molecule has 0 unspecified atom stereocenters. The summed E-state index contributed by atoms with van der Waals surface area (Å²) in [6.07, 6.45) is 0.690. The lowest BCUT2D eigenvalue weighted by Gasteiger charge is -2.26. The summed E-state index contributed by atoms with van der Waals surface area (Å²) in [5, 5.41) is 11.1. The quantitative estimate of drug-likeness (QED) is 0.775. The Hall–Kier alpha value is -2.72. The molecule has 2 aromatic rings. The minimum Gasteiger partial charge on any atom is -0.378 e. The van der Waals surface area contributed by atoms with Crippen LogP contribution in [-0.4, -0.2) is 71.1 Å². The average Bonchev–Trinajstić information content (AvgIpc) is 3.32. The van der Waals surface area contributed by atoms with E-state index < -0.39 is 0 Å². The number of ether oxygens (including phenoxy) is 2. The van der Waals surface area contributed by atoms with Gasteiger partial charge in [-0.3, -0.25) is 14.3 Å². The van der Waals surface area contributed by atoms with Gasteiger partial charge in [-0.15, -0.1) is 0 Å². The lowest BCUT2D eigenvalue weighted by Crippen LogP contribution is -2.41. The van der Waals surface area contributed by atoms with Gasteiger partial charge in [-0.2, -0.15) is 5.10 Å². The first kappa shape index (κ1) is 18.6. The number of hydrogen-bond donors (Lipinski definition) is 1. The molecule has 28 heavy (non-hydrogen) atoms. The summed E-state index contributed by atoms with van der Waals surface area (Å²) >= 11 is 0. The highest BCUT2D eigenvalue weighted by molar-refractivity contribution is 5.94. The van der Waals surface area contributed by atoms with Crippen molar-refractivity contribution in [3.05, 3.63) is 34.5 Å². The van der Waals surface area contributed by atoms with E-state index in [1.165, 1.54) is 0 Å². The number of nitrogens with one attached hydrogen (secondary N) is 1. The fourth-order valence-corrected chi connectivity index (χ4v) is 3.42. The second-order valence-corrected chi connectivity index (χ2v) is 6.78. The first-order valence-corrected chi connectivity index (χ1v) is 9.38. The average molecular weight is 389 g/mol. The summed E-state index contributed by atoms with van der Waals surface area (Å²) < 4.78 is 17.6. The summed E-state index contributed by atoms with van der Waals surface area (Å²) in [6.45, 7) is 5.74. The normalized spacial score (nSPS) is 16.7. The van der Waals surface area contributed by atoms with Gasteiger partial charge in [0.25, 0.3) is 11.8 Å². The Labute approximate surface area is 161 Å². The lowest BCUT2D eigenvalue weighted by atomic mass is 10.1. The van der Waals surface area contributed by atoms with Crippen LogP contribution in [0.15, 0.2) is 10.6 Å². The minimum atomic E-state index is -0.300. The predicted molar refractivity (Wildman–Crippen MR) is 95.9 cm³/mol. The van der Waals surface area contributed by atoms with E-state index in [9.17, 15) is 9.59 Å². The van der Waals surface area contributed by atoms with Crippen LogP contribution in [0.3, 0.4) is 0 Å². The Morgan fingerprint density at radius 1 is 1.21 bits per heavy atom. The van der Waals surface area contributed by atoms with Gasteiger partial charge in [0, 0.05) is 43.4 Å². The molecule has 2 aromatic heterocycles. The van der Waals surface area contributed by atoms with Gasteiger partial charge in [0.2, 0.25) is 0 Å². The predicted octanol–water partition coefficient (Wildman–Crippen LogP) is 0.155. The molecule has 4 rings (SSSR count). The van der Waals surface area contributed by atoms with Gasteiger partial charge in [-0.1, -0.05) is 5.16 Å². The molecule has 1 fully saturated rings. The molecule has 0 aliphatic carbocycles. The molecule has 150 valence electrons. The molecule has 0 radical (unpaired) electrons. The molecule has 10 heteroatoms. The van der Waals surface area contributed by atoms with Crippen LogP contribution in [0.4, 0.5) is 0 Å². The zero-order valence-corrected chi connectivity index (χ0v) is 15.8. The van der Waals surface area contributed by atoms with Crippen LogP contribution in [0.1, 0.15) is 38.0 Å². The van der Waals surface area contributed by atoms with E-state index in [-0.39, 0.29) is 17.5 Å². The van der Waals surface area contributed by atoms with Crippen molar-refractivity contribution in [2.45, 2.75) is 26.5 Å². The Morgan fingerprint density at radius 3 is 2.79 bits per heavy atom. The molecule has 0 saturated carbocycles.